The summed E-state index contributed by atoms with van der Waals surface area (Å²) in [4.78, 5) is 11.0. The topological polar surface area (TPSA) is 13.0 Å². The summed E-state index contributed by atoms with van der Waals surface area (Å²) in [5.74, 6) is 0. The molecule has 1 aromatic carbocycles. The van der Waals surface area contributed by atoms with Crippen LogP contribution in [0.1, 0.15) is 182 Å². The molecule has 0 saturated heterocycles. The molecule has 0 aromatic heterocycles. The zero-order chi connectivity index (χ0) is 32.2. The minimum Gasteiger partial charge on any atom is -0.339 e. The van der Waals surface area contributed by atoms with Gasteiger partial charge in [-0.05, 0) is 64.0 Å². The lowest BCUT2D eigenvalue weighted by molar-refractivity contribution is 0.249. The maximum Gasteiger partial charge on any atom is 0.0929 e. The van der Waals surface area contributed by atoms with Gasteiger partial charge in [-0.3, -0.25) is 9.80 Å². The van der Waals surface area contributed by atoms with Gasteiger partial charge in [0.1, 0.15) is 0 Å². The van der Waals surface area contributed by atoms with Crippen LogP contribution in [0.3, 0.4) is 0 Å². The van der Waals surface area contributed by atoms with Crippen LogP contribution in [0.4, 0.5) is 11.4 Å². The average molecular weight is 627 g/mol. The van der Waals surface area contributed by atoms with E-state index in [2.05, 4.69) is 71.6 Å². The molecule has 1 aromatic rings. The molecule has 1 aliphatic heterocycles. The number of benzene rings is 1. The first-order valence-electron chi connectivity index (χ1n) is 20.3. The predicted octanol–water partition coefficient (Wildman–Crippen LogP) is 12.2. The van der Waals surface area contributed by atoms with Gasteiger partial charge in [0, 0.05) is 0 Å². The van der Waals surface area contributed by atoms with Crippen molar-refractivity contribution in [2.45, 2.75) is 182 Å². The monoisotopic (exact) mass is 627 g/mol. The van der Waals surface area contributed by atoms with Crippen LogP contribution in [0.25, 0.3) is 0 Å². The van der Waals surface area contributed by atoms with Crippen LogP contribution in [0.5, 0.6) is 0 Å². The van der Waals surface area contributed by atoms with Crippen LogP contribution in [-0.4, -0.2) is 56.0 Å². The Kier molecular flexibility index (Phi) is 24.7. The molecular weight excluding hydrogens is 548 g/mol. The third kappa shape index (κ3) is 18.6. The highest BCUT2D eigenvalue weighted by atomic mass is 15.5. The summed E-state index contributed by atoms with van der Waals surface area (Å²) < 4.78 is 0. The van der Waals surface area contributed by atoms with E-state index < -0.39 is 0 Å². The summed E-state index contributed by atoms with van der Waals surface area (Å²) in [6, 6.07) is 9.28. The first kappa shape index (κ1) is 39.9. The van der Waals surface area contributed by atoms with Gasteiger partial charge in [0.25, 0.3) is 0 Å². The quantitative estimate of drug-likeness (QED) is 0.0738. The van der Waals surface area contributed by atoms with Crippen molar-refractivity contribution in [3.63, 3.8) is 0 Å². The predicted molar refractivity (Wildman–Crippen MR) is 203 cm³/mol. The van der Waals surface area contributed by atoms with E-state index in [9.17, 15) is 0 Å². The van der Waals surface area contributed by atoms with E-state index in [1.54, 1.807) is 0 Å². The van der Waals surface area contributed by atoms with Gasteiger partial charge < -0.3 is 9.80 Å². The standard InChI is InChI=1S/C41H78N4/c1-5-9-13-17-21-27-33-42(34-28-22-18-14-10-6-2)37-44-39-45(41-32-26-25-31-40(41)44)38-43(35-29-23-19-15-11-7-3)36-30-24-20-16-12-8-4/h25-26,31-32H,5-24,27-30,33-39H2,1-4H3. The van der Waals surface area contributed by atoms with E-state index in [-0.39, 0.29) is 0 Å². The van der Waals surface area contributed by atoms with E-state index in [0.717, 1.165) is 20.0 Å². The third-order valence-electron chi connectivity index (χ3n) is 9.96. The fourth-order valence-corrected chi connectivity index (χ4v) is 7.05. The molecule has 0 atom stereocenters. The Morgan fingerprint density at radius 3 is 0.956 bits per heavy atom. The number of hydrogen-bond donors (Lipinski definition) is 0. The van der Waals surface area contributed by atoms with Crippen molar-refractivity contribution in [3.05, 3.63) is 24.3 Å². The fraction of sp³-hybridized carbons (Fsp3) is 0.854. The molecular formula is C41H78N4. The van der Waals surface area contributed by atoms with Crippen molar-refractivity contribution in [3.8, 4) is 0 Å². The second-order valence-electron chi connectivity index (χ2n) is 14.3. The second-order valence-corrected chi connectivity index (χ2v) is 14.3. The van der Waals surface area contributed by atoms with Crippen molar-refractivity contribution < 1.29 is 0 Å². The number of fused-ring (bicyclic) bond motifs is 1. The Bertz CT molecular complexity index is 688. The van der Waals surface area contributed by atoms with Gasteiger partial charge in [-0.25, -0.2) is 0 Å². The van der Waals surface area contributed by atoms with Crippen molar-refractivity contribution in [2.24, 2.45) is 0 Å². The Labute approximate surface area is 282 Å². The average Bonchev–Trinajstić information content (AvgIpc) is 3.39. The SMILES string of the molecule is CCCCCCCCN(CCCCCCCC)CN1CN(CN(CCCCCCCC)CCCCCCCC)c2ccccc21. The van der Waals surface area contributed by atoms with Gasteiger partial charge in [0.2, 0.25) is 0 Å². The summed E-state index contributed by atoms with van der Waals surface area (Å²) in [6.45, 7) is 17.5. The van der Waals surface area contributed by atoms with Crippen LogP contribution >= 0.6 is 0 Å². The van der Waals surface area contributed by atoms with Gasteiger partial charge in [0.05, 0.1) is 31.4 Å². The number of hydrogen-bond acceptors (Lipinski definition) is 4. The minimum absolute atomic E-state index is 1.03. The zero-order valence-corrected chi connectivity index (χ0v) is 31.0. The molecule has 0 bridgehead atoms. The number of unbranched alkanes of at least 4 members (excludes halogenated alkanes) is 20. The van der Waals surface area contributed by atoms with Crippen LogP contribution in [-0.2, 0) is 0 Å². The molecule has 0 spiro atoms. The van der Waals surface area contributed by atoms with Crippen molar-refractivity contribution in [1.82, 2.24) is 9.80 Å². The number of anilines is 2. The Morgan fingerprint density at radius 2 is 0.667 bits per heavy atom. The van der Waals surface area contributed by atoms with E-state index in [4.69, 9.17) is 0 Å². The molecule has 0 amide bonds. The largest absolute Gasteiger partial charge is 0.339 e. The van der Waals surface area contributed by atoms with Crippen molar-refractivity contribution >= 4 is 11.4 Å². The summed E-state index contributed by atoms with van der Waals surface area (Å²) in [5.41, 5.74) is 2.90. The minimum atomic E-state index is 1.03. The fourth-order valence-electron chi connectivity index (χ4n) is 7.05. The maximum absolute atomic E-state index is 2.80. The molecule has 0 aliphatic carbocycles. The Morgan fingerprint density at radius 1 is 0.400 bits per heavy atom. The summed E-state index contributed by atoms with van der Waals surface area (Å²) in [7, 11) is 0. The Hall–Kier alpha value is -1.26. The zero-order valence-electron chi connectivity index (χ0n) is 31.0. The number of para-hydroxylation sites is 2. The lowest BCUT2D eigenvalue weighted by atomic mass is 10.1. The highest BCUT2D eigenvalue weighted by Gasteiger charge is 2.27. The molecule has 4 nitrogen and oxygen atoms in total. The maximum atomic E-state index is 2.80. The van der Waals surface area contributed by atoms with Gasteiger partial charge in [-0.15, -0.1) is 0 Å². The van der Waals surface area contributed by atoms with Crippen LogP contribution in [0, 0.1) is 0 Å². The molecule has 4 heteroatoms. The lowest BCUT2D eigenvalue weighted by Gasteiger charge is -2.32. The molecule has 1 aliphatic rings. The molecule has 0 fully saturated rings. The van der Waals surface area contributed by atoms with Gasteiger partial charge >= 0.3 is 0 Å². The smallest absolute Gasteiger partial charge is 0.0929 e. The normalized spacial score (nSPS) is 13.1. The highest BCUT2D eigenvalue weighted by Crippen LogP contribution is 2.36. The molecule has 0 radical (unpaired) electrons. The summed E-state index contributed by atoms with van der Waals surface area (Å²) in [6.07, 6.45) is 33.2. The van der Waals surface area contributed by atoms with Crippen molar-refractivity contribution in [2.75, 3.05) is 56.0 Å². The molecule has 2 rings (SSSR count). The lowest BCUT2D eigenvalue weighted by Crippen LogP contribution is -2.44. The summed E-state index contributed by atoms with van der Waals surface area (Å²) >= 11 is 0. The van der Waals surface area contributed by atoms with Crippen molar-refractivity contribution in [1.29, 1.82) is 0 Å². The molecule has 0 saturated carbocycles. The van der Waals surface area contributed by atoms with E-state index in [1.807, 2.05) is 0 Å². The number of rotatable bonds is 32. The summed E-state index contributed by atoms with van der Waals surface area (Å²) in [5, 5.41) is 0. The first-order chi connectivity index (χ1) is 22.2. The Balaban J connectivity index is 1.98. The van der Waals surface area contributed by atoms with Gasteiger partial charge in [-0.1, -0.05) is 168 Å². The third-order valence-corrected chi connectivity index (χ3v) is 9.96. The van der Waals surface area contributed by atoms with Crippen LogP contribution < -0.4 is 9.80 Å². The molecule has 1 heterocycles. The van der Waals surface area contributed by atoms with E-state index in [0.29, 0.717) is 0 Å². The second kappa shape index (κ2) is 27.8. The molecule has 0 unspecified atom stereocenters. The van der Waals surface area contributed by atoms with E-state index >= 15 is 0 Å². The van der Waals surface area contributed by atoms with Gasteiger partial charge in [-0.2, -0.15) is 0 Å². The highest BCUT2D eigenvalue weighted by molar-refractivity contribution is 5.76. The first-order valence-corrected chi connectivity index (χ1v) is 20.3. The molecule has 262 valence electrons. The molecule has 0 N–H and O–H groups in total. The number of nitrogens with zero attached hydrogens (tertiary/aromatic N) is 4. The van der Waals surface area contributed by atoms with E-state index in [1.165, 1.54) is 192 Å². The van der Waals surface area contributed by atoms with Crippen LogP contribution in [0.2, 0.25) is 0 Å². The van der Waals surface area contributed by atoms with Crippen LogP contribution in [0.15, 0.2) is 24.3 Å². The van der Waals surface area contributed by atoms with Gasteiger partial charge in [0.15, 0.2) is 0 Å². The molecule has 45 heavy (non-hydrogen) atoms.